The number of hydrogen-bond acceptors (Lipinski definition) is 6. The molecule has 140 valence electrons. The van der Waals surface area contributed by atoms with E-state index in [1.807, 2.05) is 0 Å². The van der Waals surface area contributed by atoms with Crippen molar-refractivity contribution < 1.29 is 32.3 Å². The number of benzene rings is 1. The molecule has 1 amide bonds. The first-order valence-electron chi connectivity index (χ1n) is 7.79. The average molecular weight is 371 g/mol. The van der Waals surface area contributed by atoms with Gasteiger partial charge in [-0.1, -0.05) is 17.3 Å². The van der Waals surface area contributed by atoms with Gasteiger partial charge in [-0.3, -0.25) is 4.79 Å². The Morgan fingerprint density at radius 3 is 2.77 bits per heavy atom. The van der Waals surface area contributed by atoms with E-state index in [1.54, 1.807) is 19.1 Å². The number of hydrogen-bond donors (Lipinski definition) is 1. The second kappa shape index (κ2) is 6.60. The summed E-state index contributed by atoms with van der Waals surface area (Å²) in [7, 11) is 0. The van der Waals surface area contributed by atoms with Crippen LogP contribution in [-0.4, -0.2) is 50.9 Å². The number of amides is 1. The van der Waals surface area contributed by atoms with E-state index >= 15 is 0 Å². The molecular weight excluding hydrogens is 355 g/mol. The van der Waals surface area contributed by atoms with E-state index in [4.69, 9.17) is 9.26 Å². The summed E-state index contributed by atoms with van der Waals surface area (Å²) in [5.41, 5.74) is -2.79. The topological polar surface area (TPSA) is 88.7 Å². The molecule has 7 nitrogen and oxygen atoms in total. The van der Waals surface area contributed by atoms with Crippen LogP contribution < -0.4 is 4.74 Å². The summed E-state index contributed by atoms with van der Waals surface area (Å²) in [6.07, 6.45) is -5.36. The molecule has 10 heteroatoms. The number of β-amino-alcohol motifs (C(OH)–C–C–N with tert-alkyl or cyclic N) is 1. The van der Waals surface area contributed by atoms with Crippen LogP contribution in [0.15, 0.2) is 28.8 Å². The number of nitrogens with zero attached hydrogens (tertiary/aromatic N) is 3. The Hall–Kier alpha value is -2.62. The van der Waals surface area contributed by atoms with Gasteiger partial charge in [0.2, 0.25) is 11.7 Å². The average Bonchev–Trinajstić information content (AvgIpc) is 3.19. The summed E-state index contributed by atoms with van der Waals surface area (Å²) in [4.78, 5) is 17.5. The Bertz CT molecular complexity index is 808. The fourth-order valence-corrected chi connectivity index (χ4v) is 2.68. The smallest absolute Gasteiger partial charge is 0.419 e. The molecule has 0 saturated carbocycles. The van der Waals surface area contributed by atoms with Crippen molar-refractivity contribution in [2.45, 2.75) is 31.7 Å². The van der Waals surface area contributed by atoms with Crippen molar-refractivity contribution >= 4 is 5.91 Å². The Morgan fingerprint density at radius 1 is 1.42 bits per heavy atom. The predicted molar refractivity (Wildman–Crippen MR) is 81.3 cm³/mol. The molecule has 1 aliphatic heterocycles. The molecular formula is C16H16F3N3O4. The SMILES string of the molecule is Cc1nc(COc2ccccc2C(=O)N2CC[C@@](O)(C(F)(F)F)C2)no1. The molecule has 0 radical (unpaired) electrons. The maximum absolute atomic E-state index is 12.9. The fraction of sp³-hybridized carbons (Fsp3) is 0.438. The van der Waals surface area contributed by atoms with Gasteiger partial charge >= 0.3 is 6.18 Å². The van der Waals surface area contributed by atoms with Crippen LogP contribution in [0.4, 0.5) is 13.2 Å². The molecule has 1 N–H and O–H groups in total. The first-order valence-corrected chi connectivity index (χ1v) is 7.79. The zero-order chi connectivity index (χ0) is 18.9. The van der Waals surface area contributed by atoms with Gasteiger partial charge in [0.1, 0.15) is 5.75 Å². The second-order valence-electron chi connectivity index (χ2n) is 6.02. The van der Waals surface area contributed by atoms with Gasteiger partial charge in [-0.15, -0.1) is 0 Å². The zero-order valence-electron chi connectivity index (χ0n) is 13.8. The first-order chi connectivity index (χ1) is 12.2. The van der Waals surface area contributed by atoms with Crippen molar-refractivity contribution in [1.29, 1.82) is 0 Å². The van der Waals surface area contributed by atoms with Crippen LogP contribution in [0.5, 0.6) is 5.75 Å². The van der Waals surface area contributed by atoms with E-state index in [0.717, 1.165) is 4.90 Å². The van der Waals surface area contributed by atoms with E-state index in [-0.39, 0.29) is 30.3 Å². The van der Waals surface area contributed by atoms with Gasteiger partial charge in [-0.25, -0.2) is 0 Å². The molecule has 0 aliphatic carbocycles. The number of para-hydroxylation sites is 1. The molecule has 1 aromatic carbocycles. The van der Waals surface area contributed by atoms with Crippen LogP contribution in [-0.2, 0) is 6.61 Å². The molecule has 0 bridgehead atoms. The van der Waals surface area contributed by atoms with E-state index in [1.165, 1.54) is 12.1 Å². The lowest BCUT2D eigenvalue weighted by Gasteiger charge is -2.26. The number of likely N-dealkylation sites (tertiary alicyclic amines) is 1. The van der Waals surface area contributed by atoms with Crippen LogP contribution in [0.3, 0.4) is 0 Å². The maximum atomic E-state index is 12.9. The van der Waals surface area contributed by atoms with Gasteiger partial charge < -0.3 is 19.3 Å². The lowest BCUT2D eigenvalue weighted by Crippen LogP contribution is -2.48. The Morgan fingerprint density at radius 2 is 2.15 bits per heavy atom. The van der Waals surface area contributed by atoms with Gasteiger partial charge in [0, 0.05) is 19.9 Å². The molecule has 1 aliphatic rings. The van der Waals surface area contributed by atoms with Crippen molar-refractivity contribution in [3.8, 4) is 5.75 Å². The summed E-state index contributed by atoms with van der Waals surface area (Å²) in [6.45, 7) is 0.540. The summed E-state index contributed by atoms with van der Waals surface area (Å²) >= 11 is 0. The second-order valence-corrected chi connectivity index (χ2v) is 6.02. The zero-order valence-corrected chi connectivity index (χ0v) is 13.8. The highest BCUT2D eigenvalue weighted by molar-refractivity contribution is 5.97. The minimum Gasteiger partial charge on any atom is -0.485 e. The highest BCUT2D eigenvalue weighted by atomic mass is 19.4. The van der Waals surface area contributed by atoms with Crippen LogP contribution in [0, 0.1) is 6.92 Å². The normalized spacial score (nSPS) is 20.4. The van der Waals surface area contributed by atoms with E-state index in [9.17, 15) is 23.1 Å². The number of ether oxygens (including phenoxy) is 1. The van der Waals surface area contributed by atoms with Crippen LogP contribution in [0.1, 0.15) is 28.5 Å². The van der Waals surface area contributed by atoms with Crippen molar-refractivity contribution in [1.82, 2.24) is 15.0 Å². The highest BCUT2D eigenvalue weighted by Gasteiger charge is 2.57. The number of rotatable bonds is 4. The van der Waals surface area contributed by atoms with Gasteiger partial charge in [-0.05, 0) is 12.1 Å². The number of aliphatic hydroxyl groups is 1. The minimum absolute atomic E-state index is 0.0614. The number of alkyl halides is 3. The summed E-state index contributed by atoms with van der Waals surface area (Å²) < 4.78 is 49.2. The van der Waals surface area contributed by atoms with Crippen molar-refractivity contribution in [2.24, 2.45) is 0 Å². The molecule has 2 aromatic rings. The molecule has 26 heavy (non-hydrogen) atoms. The largest absolute Gasteiger partial charge is 0.485 e. The summed E-state index contributed by atoms with van der Waals surface area (Å²) in [5, 5.41) is 13.4. The molecule has 1 aromatic heterocycles. The third-order valence-corrected chi connectivity index (χ3v) is 4.11. The molecule has 1 atom stereocenters. The molecule has 0 unspecified atom stereocenters. The quantitative estimate of drug-likeness (QED) is 0.886. The van der Waals surface area contributed by atoms with E-state index in [0.29, 0.717) is 5.89 Å². The summed E-state index contributed by atoms with van der Waals surface area (Å²) in [6, 6.07) is 6.17. The van der Waals surface area contributed by atoms with Gasteiger partial charge in [0.15, 0.2) is 12.2 Å². The van der Waals surface area contributed by atoms with Crippen LogP contribution in [0.2, 0.25) is 0 Å². The van der Waals surface area contributed by atoms with Crippen LogP contribution >= 0.6 is 0 Å². The van der Waals surface area contributed by atoms with Gasteiger partial charge in [0.25, 0.3) is 5.91 Å². The van der Waals surface area contributed by atoms with Crippen molar-refractivity contribution in [2.75, 3.05) is 13.1 Å². The number of carbonyl (C=O) groups excluding carboxylic acids is 1. The third kappa shape index (κ3) is 3.50. The maximum Gasteiger partial charge on any atom is 0.419 e. The van der Waals surface area contributed by atoms with Gasteiger partial charge in [0.05, 0.1) is 12.1 Å². The molecule has 2 heterocycles. The minimum atomic E-state index is -4.80. The molecule has 1 fully saturated rings. The van der Waals surface area contributed by atoms with Crippen LogP contribution in [0.25, 0.3) is 0 Å². The monoisotopic (exact) mass is 371 g/mol. The number of aryl methyl sites for hydroxylation is 1. The Balaban J connectivity index is 1.74. The van der Waals surface area contributed by atoms with E-state index < -0.39 is 30.7 Å². The Kier molecular flexibility index (Phi) is 4.61. The molecule has 1 saturated heterocycles. The molecule has 3 rings (SSSR count). The highest BCUT2D eigenvalue weighted by Crippen LogP contribution is 2.38. The number of halogens is 3. The summed E-state index contributed by atoms with van der Waals surface area (Å²) in [5.74, 6) is 0.168. The fourth-order valence-electron chi connectivity index (χ4n) is 2.68. The lowest BCUT2D eigenvalue weighted by molar-refractivity contribution is -0.253. The van der Waals surface area contributed by atoms with Crippen molar-refractivity contribution in [3.63, 3.8) is 0 Å². The van der Waals surface area contributed by atoms with Gasteiger partial charge in [-0.2, -0.15) is 18.2 Å². The first kappa shape index (κ1) is 18.2. The third-order valence-electron chi connectivity index (χ3n) is 4.11. The predicted octanol–water partition coefficient (Wildman–Crippen LogP) is 2.10. The molecule has 0 spiro atoms. The van der Waals surface area contributed by atoms with E-state index in [2.05, 4.69) is 10.1 Å². The Labute approximate surface area is 146 Å². The standard InChI is InChI=1S/C16H16F3N3O4/c1-10-20-13(21-26-10)8-25-12-5-3-2-4-11(12)14(23)22-7-6-15(24,9-22)16(17,18)19/h2-5,24H,6-9H2,1H3/t15-/m0/s1. The number of aromatic nitrogens is 2. The van der Waals surface area contributed by atoms with Crippen molar-refractivity contribution in [3.05, 3.63) is 41.5 Å². The number of carbonyl (C=O) groups is 1. The lowest BCUT2D eigenvalue weighted by atomic mass is 10.0.